The van der Waals surface area contributed by atoms with E-state index in [2.05, 4.69) is 17.9 Å². The first-order valence-electron chi connectivity index (χ1n) is 5.41. The van der Waals surface area contributed by atoms with Gasteiger partial charge in [-0.25, -0.2) is 4.79 Å². The van der Waals surface area contributed by atoms with Crippen LogP contribution in [0.4, 0.5) is 0 Å². The van der Waals surface area contributed by atoms with Gasteiger partial charge in [-0.05, 0) is 33.2 Å². The Morgan fingerprint density at radius 1 is 1.47 bits per heavy atom. The van der Waals surface area contributed by atoms with Gasteiger partial charge in [0.2, 0.25) is 5.91 Å². The smallest absolute Gasteiger partial charge is 0.327 e. The van der Waals surface area contributed by atoms with Crippen molar-refractivity contribution in [3.63, 3.8) is 0 Å². The molecule has 1 amide bonds. The van der Waals surface area contributed by atoms with Gasteiger partial charge in [-0.1, -0.05) is 0 Å². The Balaban J connectivity index is 4.47. The second-order valence-corrected chi connectivity index (χ2v) is 5.62. The Hall–Kier alpha value is -0.790. The van der Waals surface area contributed by atoms with Crippen LogP contribution in [0, 0.1) is 0 Å². The highest BCUT2D eigenvalue weighted by atomic mass is 32.1. The summed E-state index contributed by atoms with van der Waals surface area (Å²) in [5, 5.41) is 11.4. The van der Waals surface area contributed by atoms with Crippen molar-refractivity contribution < 1.29 is 14.7 Å². The van der Waals surface area contributed by atoms with E-state index in [9.17, 15) is 9.59 Å². The maximum absolute atomic E-state index is 11.6. The van der Waals surface area contributed by atoms with E-state index in [4.69, 9.17) is 16.6 Å². The molecule has 0 aromatic rings. The van der Waals surface area contributed by atoms with E-state index in [1.165, 1.54) is 0 Å². The zero-order chi connectivity index (χ0) is 13.6. The van der Waals surface area contributed by atoms with Crippen LogP contribution in [0.2, 0.25) is 0 Å². The largest absolute Gasteiger partial charge is 0.480 e. The van der Waals surface area contributed by atoms with Crippen molar-refractivity contribution >= 4 is 24.5 Å². The second-order valence-electron chi connectivity index (χ2n) is 4.47. The summed E-state index contributed by atoms with van der Waals surface area (Å²) in [5.41, 5.74) is 10.9. The van der Waals surface area contributed by atoms with Gasteiger partial charge in [0, 0.05) is 4.75 Å². The van der Waals surface area contributed by atoms with Gasteiger partial charge in [-0.2, -0.15) is 12.6 Å². The molecule has 7 heteroatoms. The van der Waals surface area contributed by atoms with Gasteiger partial charge in [0.25, 0.3) is 0 Å². The summed E-state index contributed by atoms with van der Waals surface area (Å²) in [6.45, 7) is 3.67. The van der Waals surface area contributed by atoms with E-state index < -0.39 is 28.7 Å². The van der Waals surface area contributed by atoms with Crippen molar-refractivity contribution in [3.8, 4) is 0 Å². The summed E-state index contributed by atoms with van der Waals surface area (Å²) in [6, 6.07) is -1.82. The predicted octanol–water partition coefficient (Wildman–Crippen LogP) is -0.670. The summed E-state index contributed by atoms with van der Waals surface area (Å²) in [6.07, 6.45) is 1.05. The van der Waals surface area contributed by atoms with E-state index >= 15 is 0 Å². The molecule has 0 saturated heterocycles. The van der Waals surface area contributed by atoms with Gasteiger partial charge in [0.05, 0.1) is 6.04 Å². The van der Waals surface area contributed by atoms with E-state index in [-0.39, 0.29) is 0 Å². The molecule has 100 valence electrons. The Kier molecular flexibility index (Phi) is 6.51. The number of carboxylic acids is 1. The number of nitrogens with one attached hydrogen (secondary N) is 1. The molecule has 0 rings (SSSR count). The monoisotopic (exact) mass is 263 g/mol. The lowest BCUT2D eigenvalue weighted by atomic mass is 10.0. The number of amides is 1. The Bertz CT molecular complexity index is 278. The number of hydrogen-bond acceptors (Lipinski definition) is 5. The lowest BCUT2D eigenvalue weighted by Crippen LogP contribution is -2.55. The molecule has 6 nitrogen and oxygen atoms in total. The van der Waals surface area contributed by atoms with E-state index in [1.54, 1.807) is 13.8 Å². The highest BCUT2D eigenvalue weighted by molar-refractivity contribution is 7.81. The molecule has 0 spiro atoms. The fourth-order valence-corrected chi connectivity index (χ4v) is 1.43. The average Bonchev–Trinajstić information content (AvgIpc) is 2.19. The van der Waals surface area contributed by atoms with Gasteiger partial charge in [0.15, 0.2) is 0 Å². The van der Waals surface area contributed by atoms with Crippen molar-refractivity contribution in [1.29, 1.82) is 0 Å². The number of carboxylic acid groups (broad SMARTS) is 1. The molecule has 0 aliphatic heterocycles. The number of rotatable bonds is 7. The summed E-state index contributed by atoms with van der Waals surface area (Å²) in [5.74, 6) is -1.63. The fraction of sp³-hybridized carbons (Fsp3) is 0.800. The normalized spacial score (nSPS) is 15.1. The quantitative estimate of drug-likeness (QED) is 0.390. The minimum atomic E-state index is -1.13. The molecule has 17 heavy (non-hydrogen) atoms. The van der Waals surface area contributed by atoms with Gasteiger partial charge >= 0.3 is 5.97 Å². The topological polar surface area (TPSA) is 118 Å². The molecule has 0 saturated carbocycles. The highest BCUT2D eigenvalue weighted by Gasteiger charge is 2.34. The summed E-state index contributed by atoms with van der Waals surface area (Å²) < 4.78 is -0.866. The molecular weight excluding hydrogens is 242 g/mol. The zero-order valence-electron chi connectivity index (χ0n) is 10.1. The minimum Gasteiger partial charge on any atom is -0.480 e. The molecule has 0 aliphatic carbocycles. The summed E-state index contributed by atoms with van der Waals surface area (Å²) in [7, 11) is 0. The summed E-state index contributed by atoms with van der Waals surface area (Å²) in [4.78, 5) is 22.6. The molecule has 0 bridgehead atoms. The fourth-order valence-electron chi connectivity index (χ4n) is 1.26. The molecule has 0 aromatic heterocycles. The molecule has 6 N–H and O–H groups in total. The van der Waals surface area contributed by atoms with Crippen molar-refractivity contribution in [3.05, 3.63) is 0 Å². The number of aliphatic carboxylic acids is 1. The third kappa shape index (κ3) is 5.90. The third-order valence-corrected chi connectivity index (χ3v) is 2.55. The van der Waals surface area contributed by atoms with Crippen molar-refractivity contribution in [2.45, 2.75) is 43.5 Å². The van der Waals surface area contributed by atoms with Crippen molar-refractivity contribution in [2.24, 2.45) is 11.5 Å². The van der Waals surface area contributed by atoms with Gasteiger partial charge in [0.1, 0.15) is 6.04 Å². The number of thiol groups is 1. The van der Waals surface area contributed by atoms with Crippen LogP contribution in [0.5, 0.6) is 0 Å². The van der Waals surface area contributed by atoms with Gasteiger partial charge in [-0.15, -0.1) is 0 Å². The lowest BCUT2D eigenvalue weighted by molar-refractivity contribution is -0.142. The van der Waals surface area contributed by atoms with Crippen LogP contribution in [-0.4, -0.2) is 40.4 Å². The molecule has 0 fully saturated rings. The minimum absolute atomic E-state index is 0.432. The number of nitrogens with two attached hydrogens (primary N) is 2. The van der Waals surface area contributed by atoms with Crippen LogP contribution in [0.15, 0.2) is 0 Å². The first-order valence-corrected chi connectivity index (χ1v) is 5.86. The predicted molar refractivity (Wildman–Crippen MR) is 68.9 cm³/mol. The molecule has 0 heterocycles. The second kappa shape index (κ2) is 6.83. The van der Waals surface area contributed by atoms with E-state index in [0.717, 1.165) is 0 Å². The van der Waals surface area contributed by atoms with E-state index in [0.29, 0.717) is 19.4 Å². The van der Waals surface area contributed by atoms with Gasteiger partial charge < -0.3 is 21.9 Å². The van der Waals surface area contributed by atoms with Crippen LogP contribution >= 0.6 is 12.6 Å². The van der Waals surface area contributed by atoms with E-state index in [1.807, 2.05) is 0 Å². The van der Waals surface area contributed by atoms with Crippen molar-refractivity contribution in [1.82, 2.24) is 5.32 Å². The van der Waals surface area contributed by atoms with Crippen LogP contribution < -0.4 is 16.8 Å². The molecule has 0 aromatic carbocycles. The SMILES string of the molecule is CC(C)(S)[C@H](NC(=O)[C@@H](N)CCCN)C(=O)O. The van der Waals surface area contributed by atoms with Crippen LogP contribution in [0.3, 0.4) is 0 Å². The van der Waals surface area contributed by atoms with Crippen LogP contribution in [-0.2, 0) is 9.59 Å². The zero-order valence-corrected chi connectivity index (χ0v) is 11.0. The maximum atomic E-state index is 11.6. The average molecular weight is 263 g/mol. The first kappa shape index (κ1) is 16.2. The standard InChI is InChI=1S/C10H21N3O3S/c1-10(2,17)7(9(15)16)13-8(14)6(12)4-3-5-11/h6-7,17H,3-5,11-12H2,1-2H3,(H,13,14)(H,15,16)/t6-,7+/m0/s1. The molecular formula is C10H21N3O3S. The number of carbonyl (C=O) groups excluding carboxylic acids is 1. The molecule has 2 atom stereocenters. The first-order chi connectivity index (χ1) is 7.70. The van der Waals surface area contributed by atoms with Gasteiger partial charge in [-0.3, -0.25) is 4.79 Å². The lowest BCUT2D eigenvalue weighted by Gasteiger charge is -2.27. The van der Waals surface area contributed by atoms with Crippen LogP contribution in [0.25, 0.3) is 0 Å². The Morgan fingerprint density at radius 3 is 2.35 bits per heavy atom. The van der Waals surface area contributed by atoms with Crippen molar-refractivity contribution in [2.75, 3.05) is 6.54 Å². The Morgan fingerprint density at radius 2 is 2.00 bits per heavy atom. The maximum Gasteiger partial charge on any atom is 0.327 e. The number of carbonyl (C=O) groups is 2. The molecule has 0 aliphatic rings. The summed E-state index contributed by atoms with van der Waals surface area (Å²) >= 11 is 4.15. The molecule has 0 unspecified atom stereocenters. The molecule has 0 radical (unpaired) electrons. The third-order valence-electron chi connectivity index (χ3n) is 2.30. The number of hydrogen-bond donors (Lipinski definition) is 5. The Labute approximate surface area is 107 Å². The highest BCUT2D eigenvalue weighted by Crippen LogP contribution is 2.18. The van der Waals surface area contributed by atoms with Crippen LogP contribution in [0.1, 0.15) is 26.7 Å².